The Labute approximate surface area is 188 Å². The number of ether oxygens (including phenoxy) is 5. The lowest BCUT2D eigenvalue weighted by atomic mass is 9.73. The summed E-state index contributed by atoms with van der Waals surface area (Å²) in [5.74, 6) is -1.24. The zero-order chi connectivity index (χ0) is 23.2. The maximum atomic E-state index is 13.2. The third-order valence-electron chi connectivity index (χ3n) is 7.77. The fourth-order valence-electron chi connectivity index (χ4n) is 5.41. The second-order valence-electron chi connectivity index (χ2n) is 11.3. The largest absolute Gasteiger partial charge is 0.466 e. The molecule has 1 unspecified atom stereocenters. The minimum absolute atomic E-state index is 0.0146. The van der Waals surface area contributed by atoms with Gasteiger partial charge in [-0.15, -0.1) is 0 Å². The van der Waals surface area contributed by atoms with E-state index in [0.717, 1.165) is 6.42 Å². The summed E-state index contributed by atoms with van der Waals surface area (Å²) < 4.78 is 36.2. The number of fused-ring (bicyclic) bond motifs is 2. The summed E-state index contributed by atoms with van der Waals surface area (Å²) in [5, 5.41) is 0.0976. The third kappa shape index (κ3) is 4.75. The maximum Gasteiger partial charge on any atom is 0.312 e. The highest BCUT2D eigenvalue weighted by atomic mass is 28.4. The molecule has 0 amide bonds. The van der Waals surface area contributed by atoms with E-state index in [9.17, 15) is 4.79 Å². The molecule has 180 valence electrons. The van der Waals surface area contributed by atoms with E-state index >= 15 is 0 Å². The summed E-state index contributed by atoms with van der Waals surface area (Å²) in [4.78, 5) is 13.2. The topological polar surface area (TPSA) is 72.5 Å². The molecule has 1 aliphatic heterocycles. The average Bonchev–Trinajstić information content (AvgIpc) is 3.27. The lowest BCUT2D eigenvalue weighted by Gasteiger charge is -2.46. The van der Waals surface area contributed by atoms with Gasteiger partial charge in [0.25, 0.3) is 0 Å². The van der Waals surface area contributed by atoms with Crippen LogP contribution in [0.15, 0.2) is 0 Å². The van der Waals surface area contributed by atoms with Gasteiger partial charge in [-0.1, -0.05) is 20.8 Å². The van der Waals surface area contributed by atoms with Crippen LogP contribution in [0.1, 0.15) is 54.4 Å². The molecule has 3 fully saturated rings. The first-order valence-electron chi connectivity index (χ1n) is 11.6. The average molecular weight is 459 g/mol. The SMILES string of the molecule is CCOC(=O)C1[C@@H]([C@@H]2COC(C)(C)O2)[C@@H]2C[C@@]1(OCOC)C[C@@H]2O[Si](C)(C)C(C)(C)C. The van der Waals surface area contributed by atoms with Crippen LogP contribution in [0.3, 0.4) is 0 Å². The molecule has 2 aliphatic carbocycles. The number of carbonyl (C=O) groups excluding carboxylic acids is 1. The molecule has 31 heavy (non-hydrogen) atoms. The van der Waals surface area contributed by atoms with Crippen molar-refractivity contribution in [2.24, 2.45) is 17.8 Å². The molecule has 1 heterocycles. The fourth-order valence-corrected chi connectivity index (χ4v) is 6.78. The van der Waals surface area contributed by atoms with Crippen molar-refractivity contribution in [3.63, 3.8) is 0 Å². The van der Waals surface area contributed by atoms with Crippen molar-refractivity contribution in [1.82, 2.24) is 0 Å². The van der Waals surface area contributed by atoms with Crippen LogP contribution in [0.25, 0.3) is 0 Å². The monoisotopic (exact) mass is 458 g/mol. The molecular formula is C23H42O7Si. The first-order valence-corrected chi connectivity index (χ1v) is 14.5. The minimum atomic E-state index is -2.01. The molecule has 1 saturated heterocycles. The van der Waals surface area contributed by atoms with Gasteiger partial charge in [-0.05, 0) is 51.2 Å². The quantitative estimate of drug-likeness (QED) is 0.308. The van der Waals surface area contributed by atoms with E-state index < -0.39 is 25.6 Å². The van der Waals surface area contributed by atoms with E-state index in [4.69, 9.17) is 28.1 Å². The first-order chi connectivity index (χ1) is 14.3. The first kappa shape index (κ1) is 25.1. The number of methoxy groups -OCH3 is 1. The van der Waals surface area contributed by atoms with Crippen molar-refractivity contribution in [2.75, 3.05) is 27.1 Å². The van der Waals surface area contributed by atoms with E-state index in [1.807, 2.05) is 20.8 Å². The van der Waals surface area contributed by atoms with E-state index in [1.165, 1.54) is 0 Å². The number of carbonyl (C=O) groups is 1. The number of esters is 1. The van der Waals surface area contributed by atoms with E-state index in [1.54, 1.807) is 7.11 Å². The van der Waals surface area contributed by atoms with Gasteiger partial charge >= 0.3 is 5.97 Å². The zero-order valence-electron chi connectivity index (χ0n) is 20.8. The Balaban J connectivity index is 1.96. The second kappa shape index (κ2) is 8.69. The molecule has 2 saturated carbocycles. The van der Waals surface area contributed by atoms with Crippen molar-refractivity contribution in [3.05, 3.63) is 0 Å². The van der Waals surface area contributed by atoms with Crippen LogP contribution in [-0.4, -0.2) is 65.0 Å². The van der Waals surface area contributed by atoms with Gasteiger partial charge in [-0.3, -0.25) is 4.79 Å². The van der Waals surface area contributed by atoms with Gasteiger partial charge in [-0.2, -0.15) is 0 Å². The summed E-state index contributed by atoms with van der Waals surface area (Å²) in [6.07, 6.45) is 1.23. The predicted molar refractivity (Wildman–Crippen MR) is 119 cm³/mol. The van der Waals surface area contributed by atoms with Crippen molar-refractivity contribution in [1.29, 1.82) is 0 Å². The van der Waals surface area contributed by atoms with Gasteiger partial charge < -0.3 is 28.1 Å². The Morgan fingerprint density at radius 1 is 1.19 bits per heavy atom. The highest BCUT2D eigenvalue weighted by molar-refractivity contribution is 6.74. The Bertz CT molecular complexity index is 659. The van der Waals surface area contributed by atoms with Crippen LogP contribution in [-0.2, 0) is 32.9 Å². The van der Waals surface area contributed by atoms with E-state index in [-0.39, 0.29) is 41.8 Å². The van der Waals surface area contributed by atoms with Gasteiger partial charge in [0, 0.05) is 19.4 Å². The van der Waals surface area contributed by atoms with Crippen molar-refractivity contribution < 1.29 is 32.9 Å². The van der Waals surface area contributed by atoms with Crippen LogP contribution < -0.4 is 0 Å². The number of hydrogen-bond donors (Lipinski definition) is 0. The standard InChI is InChI=1S/C23H42O7Si/c1-10-26-20(24)19-18(17-13-27-22(5,6)29-17)15-11-23(19,28-14-25-7)12-16(15)30-31(8,9)21(2,3)4/h15-19H,10-14H2,1-9H3/t15-,16+,17+,18-,19?,23-/m1/s1. The highest BCUT2D eigenvalue weighted by Gasteiger charge is 2.69. The minimum Gasteiger partial charge on any atom is -0.466 e. The summed E-state index contributed by atoms with van der Waals surface area (Å²) in [6.45, 7) is 17.9. The molecular weight excluding hydrogens is 416 g/mol. The smallest absolute Gasteiger partial charge is 0.312 e. The predicted octanol–water partition coefficient (Wildman–Crippen LogP) is 4.11. The fraction of sp³-hybridized carbons (Fsp3) is 0.957. The Morgan fingerprint density at radius 2 is 1.87 bits per heavy atom. The highest BCUT2D eigenvalue weighted by Crippen LogP contribution is 2.61. The van der Waals surface area contributed by atoms with Crippen LogP contribution in [0.2, 0.25) is 18.1 Å². The van der Waals surface area contributed by atoms with Crippen LogP contribution in [0.5, 0.6) is 0 Å². The molecule has 0 N–H and O–H groups in total. The Hall–Kier alpha value is -0.513. The number of hydrogen-bond acceptors (Lipinski definition) is 7. The lowest BCUT2D eigenvalue weighted by Crippen LogP contribution is -2.54. The third-order valence-corrected chi connectivity index (χ3v) is 12.3. The molecule has 3 rings (SSSR count). The molecule has 0 aromatic heterocycles. The summed E-state index contributed by atoms with van der Waals surface area (Å²) in [7, 11) is -0.402. The van der Waals surface area contributed by atoms with Crippen molar-refractivity contribution >= 4 is 14.3 Å². The van der Waals surface area contributed by atoms with Gasteiger partial charge in [0.1, 0.15) is 6.79 Å². The summed E-state index contributed by atoms with van der Waals surface area (Å²) >= 11 is 0. The molecule has 7 nitrogen and oxygen atoms in total. The summed E-state index contributed by atoms with van der Waals surface area (Å²) in [5.41, 5.74) is -0.666. The zero-order valence-corrected chi connectivity index (χ0v) is 21.8. The van der Waals surface area contributed by atoms with Crippen molar-refractivity contribution in [3.8, 4) is 0 Å². The molecule has 0 radical (unpaired) electrons. The van der Waals surface area contributed by atoms with Crippen molar-refractivity contribution in [2.45, 2.75) is 96.1 Å². The number of rotatable bonds is 8. The van der Waals surface area contributed by atoms with Gasteiger partial charge in [-0.25, -0.2) is 0 Å². The molecule has 0 spiro atoms. The molecule has 6 atom stereocenters. The van der Waals surface area contributed by atoms with Crippen LogP contribution in [0.4, 0.5) is 0 Å². The van der Waals surface area contributed by atoms with Gasteiger partial charge in [0.2, 0.25) is 0 Å². The molecule has 3 aliphatic rings. The van der Waals surface area contributed by atoms with E-state index in [2.05, 4.69) is 33.9 Å². The lowest BCUT2D eigenvalue weighted by molar-refractivity contribution is -0.196. The van der Waals surface area contributed by atoms with Crippen LogP contribution >= 0.6 is 0 Å². The van der Waals surface area contributed by atoms with Crippen LogP contribution in [0, 0.1) is 17.8 Å². The Morgan fingerprint density at radius 3 is 2.39 bits per heavy atom. The molecule has 8 heteroatoms. The normalized spacial score (nSPS) is 37.4. The maximum absolute atomic E-state index is 13.2. The van der Waals surface area contributed by atoms with Gasteiger partial charge in [0.05, 0.1) is 36.9 Å². The Kier molecular flexibility index (Phi) is 7.04. The van der Waals surface area contributed by atoms with Gasteiger partial charge in [0.15, 0.2) is 14.1 Å². The molecule has 0 aromatic carbocycles. The summed E-state index contributed by atoms with van der Waals surface area (Å²) in [6, 6.07) is 0. The second-order valence-corrected chi connectivity index (χ2v) is 16.0. The molecule has 0 aromatic rings. The van der Waals surface area contributed by atoms with E-state index in [0.29, 0.717) is 19.6 Å². The molecule has 2 bridgehead atoms.